The summed E-state index contributed by atoms with van der Waals surface area (Å²) in [6.07, 6.45) is 4.18. The number of rotatable bonds is 1. The third-order valence-electron chi connectivity index (χ3n) is 5.94. The Morgan fingerprint density at radius 2 is 1.94 bits per heavy atom. The molecule has 0 aromatic rings. The summed E-state index contributed by atoms with van der Waals surface area (Å²) in [6.45, 7) is 10.4. The van der Waals surface area contributed by atoms with Crippen LogP contribution in [0.4, 0.5) is 0 Å². The molecule has 4 aliphatic rings. The highest BCUT2D eigenvalue weighted by atomic mass is 16.6. The van der Waals surface area contributed by atoms with Crippen LogP contribution in [0.15, 0.2) is 0 Å². The summed E-state index contributed by atoms with van der Waals surface area (Å²) in [4.78, 5) is 0. The minimum atomic E-state index is 0.0788. The lowest BCUT2D eigenvalue weighted by Crippen LogP contribution is -2.57. The zero-order valence-corrected chi connectivity index (χ0v) is 11.6. The lowest BCUT2D eigenvalue weighted by Gasteiger charge is -2.62. The molecule has 4 fully saturated rings. The van der Waals surface area contributed by atoms with Gasteiger partial charge in [-0.15, -0.1) is 0 Å². The van der Waals surface area contributed by atoms with E-state index in [0.29, 0.717) is 17.3 Å². The maximum Gasteiger partial charge on any atom is 0.460 e. The van der Waals surface area contributed by atoms with Crippen LogP contribution in [-0.4, -0.2) is 19.8 Å². The van der Waals surface area contributed by atoms with Crippen molar-refractivity contribution in [3.63, 3.8) is 0 Å². The molecule has 0 spiro atoms. The fourth-order valence-electron chi connectivity index (χ4n) is 4.46. The van der Waals surface area contributed by atoms with Crippen LogP contribution in [0.2, 0.25) is 5.82 Å². The molecule has 0 amide bonds. The molecule has 96 valence electrons. The summed E-state index contributed by atoms with van der Waals surface area (Å²) in [7, 11) is 0.0788. The fourth-order valence-corrected chi connectivity index (χ4v) is 4.46. The van der Waals surface area contributed by atoms with Crippen molar-refractivity contribution in [2.45, 2.75) is 58.9 Å². The summed E-state index contributed by atoms with van der Waals surface area (Å²) in [5.41, 5.74) is 0.566. The molecule has 1 heterocycles. The monoisotopic (exact) mass is 236 g/mol. The van der Waals surface area contributed by atoms with E-state index in [2.05, 4.69) is 27.7 Å². The van der Waals surface area contributed by atoms with E-state index in [4.69, 9.17) is 9.31 Å². The van der Waals surface area contributed by atoms with Crippen LogP contribution in [0.5, 0.6) is 0 Å². The molecule has 3 heteroatoms. The van der Waals surface area contributed by atoms with Gasteiger partial charge in [-0.2, -0.15) is 0 Å². The highest BCUT2D eigenvalue weighted by molar-refractivity contribution is 6.46. The lowest BCUT2D eigenvalue weighted by molar-refractivity contribution is -0.107. The van der Waals surface area contributed by atoms with E-state index < -0.39 is 0 Å². The Balaban J connectivity index is 1.70. The largest absolute Gasteiger partial charge is 0.460 e. The van der Waals surface area contributed by atoms with Crippen LogP contribution in [0.25, 0.3) is 0 Å². The average Bonchev–Trinajstić information content (AvgIpc) is 2.28. The van der Waals surface area contributed by atoms with Crippen LogP contribution in [0.1, 0.15) is 47.0 Å². The number of fused-ring (bicyclic) bond motifs is 2. The zero-order valence-electron chi connectivity index (χ0n) is 11.6. The molecule has 3 saturated carbocycles. The summed E-state index contributed by atoms with van der Waals surface area (Å²) >= 11 is 0. The van der Waals surface area contributed by atoms with E-state index in [9.17, 15) is 0 Å². The maximum absolute atomic E-state index is 6.01. The maximum atomic E-state index is 6.01. The van der Waals surface area contributed by atoms with E-state index >= 15 is 0 Å². The van der Waals surface area contributed by atoms with Crippen LogP contribution in [-0.2, 0) is 9.31 Å². The number of hydrogen-bond donors (Lipinski definition) is 0. The first-order valence-electron chi connectivity index (χ1n) is 7.27. The standard InChI is InChI=1S/C14H25BO2/c1-9-5-6-16-15(17-9)13-8-11-7-12(10(13)2)14(11,3)4/h9-13H,5-8H2,1-4H3/t9-,10-,11-,12-,13-/m0/s1. The first kappa shape index (κ1) is 12.0. The number of hydrogen-bond acceptors (Lipinski definition) is 2. The van der Waals surface area contributed by atoms with Gasteiger partial charge in [-0.3, -0.25) is 0 Å². The molecule has 5 atom stereocenters. The van der Waals surface area contributed by atoms with Gasteiger partial charge >= 0.3 is 7.12 Å². The van der Waals surface area contributed by atoms with Crippen molar-refractivity contribution in [3.8, 4) is 0 Å². The van der Waals surface area contributed by atoms with Gasteiger partial charge in [0.15, 0.2) is 0 Å². The third kappa shape index (κ3) is 1.77. The van der Waals surface area contributed by atoms with Crippen molar-refractivity contribution in [2.75, 3.05) is 6.61 Å². The molecule has 2 bridgehead atoms. The van der Waals surface area contributed by atoms with Crippen LogP contribution >= 0.6 is 0 Å². The Labute approximate surface area is 106 Å². The molecule has 0 unspecified atom stereocenters. The molecule has 1 aliphatic heterocycles. The Bertz CT molecular complexity index is 303. The van der Waals surface area contributed by atoms with Gasteiger partial charge in [0.1, 0.15) is 0 Å². The molecule has 2 nitrogen and oxygen atoms in total. The molecular formula is C14H25BO2. The van der Waals surface area contributed by atoms with Gasteiger partial charge in [-0.25, -0.2) is 0 Å². The molecular weight excluding hydrogens is 211 g/mol. The normalized spacial score (nSPS) is 48.7. The van der Waals surface area contributed by atoms with Gasteiger partial charge in [0, 0.05) is 12.7 Å². The molecule has 3 aliphatic carbocycles. The summed E-state index contributed by atoms with van der Waals surface area (Å²) < 4.78 is 11.9. The minimum absolute atomic E-state index is 0.0788. The van der Waals surface area contributed by atoms with Crippen molar-refractivity contribution in [1.29, 1.82) is 0 Å². The smallest absolute Gasteiger partial charge is 0.411 e. The topological polar surface area (TPSA) is 18.5 Å². The second-order valence-corrected chi connectivity index (χ2v) is 7.09. The van der Waals surface area contributed by atoms with Crippen LogP contribution in [0, 0.1) is 23.2 Å². The van der Waals surface area contributed by atoms with Crippen LogP contribution < -0.4 is 0 Å². The average molecular weight is 236 g/mol. The molecule has 4 rings (SSSR count). The van der Waals surface area contributed by atoms with Crippen molar-refractivity contribution < 1.29 is 9.31 Å². The molecule has 0 aromatic carbocycles. The third-order valence-corrected chi connectivity index (χ3v) is 5.94. The van der Waals surface area contributed by atoms with E-state index in [1.165, 1.54) is 12.8 Å². The van der Waals surface area contributed by atoms with E-state index in [1.54, 1.807) is 0 Å². The quantitative estimate of drug-likeness (QED) is 0.650. The molecule has 0 N–H and O–H groups in total. The molecule has 17 heavy (non-hydrogen) atoms. The van der Waals surface area contributed by atoms with Gasteiger partial charge < -0.3 is 9.31 Å². The minimum Gasteiger partial charge on any atom is -0.411 e. The van der Waals surface area contributed by atoms with E-state index in [1.807, 2.05) is 0 Å². The first-order valence-corrected chi connectivity index (χ1v) is 7.27. The Morgan fingerprint density at radius 1 is 1.18 bits per heavy atom. The second kappa shape index (κ2) is 3.99. The highest BCUT2D eigenvalue weighted by Crippen LogP contribution is 2.65. The molecule has 0 aromatic heterocycles. The van der Waals surface area contributed by atoms with E-state index in [-0.39, 0.29) is 7.12 Å². The fraction of sp³-hybridized carbons (Fsp3) is 1.00. The summed E-state index contributed by atoms with van der Waals surface area (Å²) in [5.74, 6) is 3.17. The Morgan fingerprint density at radius 3 is 2.53 bits per heavy atom. The van der Waals surface area contributed by atoms with Crippen molar-refractivity contribution in [2.24, 2.45) is 23.2 Å². The van der Waals surface area contributed by atoms with Gasteiger partial charge in [0.05, 0.1) is 0 Å². The summed E-state index contributed by atoms with van der Waals surface area (Å²) in [5, 5.41) is 0. The van der Waals surface area contributed by atoms with Crippen LogP contribution in [0.3, 0.4) is 0 Å². The van der Waals surface area contributed by atoms with Crippen molar-refractivity contribution in [1.82, 2.24) is 0 Å². The second-order valence-electron chi connectivity index (χ2n) is 7.09. The molecule has 1 saturated heterocycles. The summed E-state index contributed by atoms with van der Waals surface area (Å²) in [6, 6.07) is 0. The molecule has 0 radical (unpaired) electrons. The predicted molar refractivity (Wildman–Crippen MR) is 69.8 cm³/mol. The first-order chi connectivity index (χ1) is 8.00. The zero-order chi connectivity index (χ0) is 12.2. The van der Waals surface area contributed by atoms with Crippen molar-refractivity contribution in [3.05, 3.63) is 0 Å². The SMILES string of the molecule is C[C@@H]1[C@@H](B2OCC[C@H](C)O2)C[C@@H]2C[C@@H]1C2(C)C. The van der Waals surface area contributed by atoms with E-state index in [0.717, 1.165) is 30.8 Å². The van der Waals surface area contributed by atoms with Crippen molar-refractivity contribution >= 4 is 7.12 Å². The predicted octanol–water partition coefficient (Wildman–Crippen LogP) is 3.37. The Hall–Kier alpha value is -0.0151. The highest BCUT2D eigenvalue weighted by Gasteiger charge is 2.59. The van der Waals surface area contributed by atoms with Gasteiger partial charge in [-0.05, 0) is 55.2 Å². The van der Waals surface area contributed by atoms with Gasteiger partial charge in [-0.1, -0.05) is 20.8 Å². The Kier molecular flexibility index (Phi) is 2.83. The lowest BCUT2D eigenvalue weighted by atomic mass is 9.38. The van der Waals surface area contributed by atoms with Gasteiger partial charge in [0.25, 0.3) is 0 Å². The van der Waals surface area contributed by atoms with Gasteiger partial charge in [0.2, 0.25) is 0 Å².